The Morgan fingerprint density at radius 3 is 2.71 bits per heavy atom. The zero-order valence-corrected chi connectivity index (χ0v) is 11.2. The lowest BCUT2D eigenvalue weighted by atomic mass is 9.94. The van der Waals surface area contributed by atoms with Crippen molar-refractivity contribution in [1.29, 1.82) is 0 Å². The normalized spacial score (nSPS) is 17.1. The Morgan fingerprint density at radius 2 is 2.06 bits per heavy atom. The van der Waals surface area contributed by atoms with E-state index in [2.05, 4.69) is 17.3 Å². The lowest BCUT2D eigenvalue weighted by molar-refractivity contribution is 0.150. The van der Waals surface area contributed by atoms with Gasteiger partial charge in [0.15, 0.2) is 0 Å². The molecule has 4 heteroatoms. The number of hydrogen-bond donors (Lipinski definition) is 1. The van der Waals surface area contributed by atoms with Gasteiger partial charge in [0.25, 0.3) is 0 Å². The van der Waals surface area contributed by atoms with E-state index in [9.17, 15) is 4.79 Å². The van der Waals surface area contributed by atoms with Gasteiger partial charge in [-0.3, -0.25) is 0 Å². The molecule has 1 N–H and O–H groups in total. The average molecular weight is 242 g/mol. The molecule has 0 bridgehead atoms. The highest BCUT2D eigenvalue weighted by Crippen LogP contribution is 2.21. The fourth-order valence-electron chi connectivity index (χ4n) is 2.41. The maximum Gasteiger partial charge on any atom is 0.407 e. The molecule has 1 fully saturated rings. The molecule has 4 nitrogen and oxygen atoms in total. The summed E-state index contributed by atoms with van der Waals surface area (Å²) in [5, 5.41) is 2.75. The van der Waals surface area contributed by atoms with Gasteiger partial charge in [-0.1, -0.05) is 19.3 Å². The minimum Gasteiger partial charge on any atom is -0.450 e. The van der Waals surface area contributed by atoms with Gasteiger partial charge in [-0.2, -0.15) is 0 Å². The Kier molecular flexibility index (Phi) is 7.01. The number of amides is 1. The Labute approximate surface area is 105 Å². The first-order valence-electron chi connectivity index (χ1n) is 6.85. The Balaban J connectivity index is 2.03. The maximum atomic E-state index is 11.0. The van der Waals surface area contributed by atoms with E-state index in [-0.39, 0.29) is 6.09 Å². The lowest BCUT2D eigenvalue weighted by Crippen LogP contribution is -2.35. The van der Waals surface area contributed by atoms with Crippen molar-refractivity contribution in [2.24, 2.45) is 0 Å². The van der Waals surface area contributed by atoms with Crippen molar-refractivity contribution in [3.63, 3.8) is 0 Å². The van der Waals surface area contributed by atoms with Crippen molar-refractivity contribution in [2.45, 2.75) is 51.5 Å². The van der Waals surface area contributed by atoms with Gasteiger partial charge in [0.2, 0.25) is 0 Å². The standard InChI is InChI=1S/C13H26N2O2/c1-3-17-13(16)14-10-7-11-15(2)12-8-5-4-6-9-12/h12H,3-11H2,1-2H3,(H,14,16). The van der Waals surface area contributed by atoms with Crippen LogP contribution in [-0.2, 0) is 4.74 Å². The first-order valence-corrected chi connectivity index (χ1v) is 6.85. The topological polar surface area (TPSA) is 41.6 Å². The van der Waals surface area contributed by atoms with Gasteiger partial charge in [-0.25, -0.2) is 4.79 Å². The number of hydrogen-bond acceptors (Lipinski definition) is 3. The molecule has 0 radical (unpaired) electrons. The van der Waals surface area contributed by atoms with Crippen LogP contribution in [0, 0.1) is 0 Å². The van der Waals surface area contributed by atoms with Gasteiger partial charge >= 0.3 is 6.09 Å². The van der Waals surface area contributed by atoms with Crippen LogP contribution in [0.3, 0.4) is 0 Å². The zero-order valence-electron chi connectivity index (χ0n) is 11.2. The van der Waals surface area contributed by atoms with E-state index in [1.54, 1.807) is 0 Å². The fraction of sp³-hybridized carbons (Fsp3) is 0.923. The summed E-state index contributed by atoms with van der Waals surface area (Å²) in [5.74, 6) is 0. The molecular formula is C13H26N2O2. The van der Waals surface area contributed by atoms with E-state index in [4.69, 9.17) is 4.74 Å². The first kappa shape index (κ1) is 14.3. The van der Waals surface area contributed by atoms with E-state index in [0.29, 0.717) is 13.2 Å². The van der Waals surface area contributed by atoms with Crippen LogP contribution in [-0.4, -0.2) is 43.8 Å². The molecule has 1 amide bonds. The SMILES string of the molecule is CCOC(=O)NCCCN(C)C1CCCCC1. The van der Waals surface area contributed by atoms with Crippen LogP contribution in [0.25, 0.3) is 0 Å². The van der Waals surface area contributed by atoms with Crippen molar-refractivity contribution in [3.8, 4) is 0 Å². The summed E-state index contributed by atoms with van der Waals surface area (Å²) in [5.41, 5.74) is 0. The molecule has 17 heavy (non-hydrogen) atoms. The van der Waals surface area contributed by atoms with E-state index in [1.807, 2.05) is 6.92 Å². The Morgan fingerprint density at radius 1 is 1.35 bits per heavy atom. The summed E-state index contributed by atoms with van der Waals surface area (Å²) < 4.78 is 4.80. The van der Waals surface area contributed by atoms with Crippen LogP contribution in [0.2, 0.25) is 0 Å². The fourth-order valence-corrected chi connectivity index (χ4v) is 2.41. The number of alkyl carbamates (subject to hydrolysis) is 1. The minimum absolute atomic E-state index is 0.298. The number of rotatable bonds is 6. The molecule has 0 aromatic rings. The molecule has 0 aliphatic heterocycles. The third kappa shape index (κ3) is 5.91. The monoisotopic (exact) mass is 242 g/mol. The van der Waals surface area contributed by atoms with E-state index < -0.39 is 0 Å². The molecule has 0 unspecified atom stereocenters. The predicted octanol–water partition coefficient (Wildman–Crippen LogP) is 2.39. The van der Waals surface area contributed by atoms with Crippen molar-refractivity contribution in [1.82, 2.24) is 10.2 Å². The largest absolute Gasteiger partial charge is 0.450 e. The highest BCUT2D eigenvalue weighted by atomic mass is 16.5. The molecule has 1 saturated carbocycles. The van der Waals surface area contributed by atoms with Gasteiger partial charge in [-0.15, -0.1) is 0 Å². The average Bonchev–Trinajstić information content (AvgIpc) is 2.36. The summed E-state index contributed by atoms with van der Waals surface area (Å²) in [4.78, 5) is 13.5. The molecule has 0 saturated heterocycles. The molecule has 0 heterocycles. The summed E-state index contributed by atoms with van der Waals surface area (Å²) in [6.45, 7) is 4.01. The quantitative estimate of drug-likeness (QED) is 0.727. The van der Waals surface area contributed by atoms with Crippen LogP contribution >= 0.6 is 0 Å². The van der Waals surface area contributed by atoms with Crippen molar-refractivity contribution in [3.05, 3.63) is 0 Å². The van der Waals surface area contributed by atoms with Gasteiger partial charge in [0.05, 0.1) is 6.61 Å². The third-order valence-electron chi connectivity index (χ3n) is 3.43. The van der Waals surface area contributed by atoms with Crippen LogP contribution in [0.15, 0.2) is 0 Å². The molecule has 1 rings (SSSR count). The Hall–Kier alpha value is -0.770. The van der Waals surface area contributed by atoms with E-state index in [0.717, 1.165) is 19.0 Å². The summed E-state index contributed by atoms with van der Waals surface area (Å²) in [6, 6.07) is 0.756. The van der Waals surface area contributed by atoms with Gasteiger partial charge < -0.3 is 15.0 Å². The van der Waals surface area contributed by atoms with Gasteiger partial charge in [-0.05, 0) is 39.8 Å². The molecule has 0 atom stereocenters. The number of nitrogens with zero attached hydrogens (tertiary/aromatic N) is 1. The number of carbonyl (C=O) groups is 1. The van der Waals surface area contributed by atoms with E-state index in [1.165, 1.54) is 32.1 Å². The molecule has 0 aromatic carbocycles. The summed E-state index contributed by atoms with van der Waals surface area (Å²) in [7, 11) is 2.19. The van der Waals surface area contributed by atoms with E-state index >= 15 is 0 Å². The second-order valence-electron chi connectivity index (χ2n) is 4.77. The predicted molar refractivity (Wildman–Crippen MR) is 69.1 cm³/mol. The second kappa shape index (κ2) is 8.34. The smallest absolute Gasteiger partial charge is 0.407 e. The van der Waals surface area contributed by atoms with Gasteiger partial charge in [0.1, 0.15) is 0 Å². The van der Waals surface area contributed by atoms with Crippen molar-refractivity contribution >= 4 is 6.09 Å². The summed E-state index contributed by atoms with van der Waals surface area (Å²) in [6.07, 6.45) is 7.50. The first-order chi connectivity index (χ1) is 8.24. The van der Waals surface area contributed by atoms with Crippen LogP contribution in [0.4, 0.5) is 4.79 Å². The molecular weight excluding hydrogens is 216 g/mol. The molecule has 1 aliphatic rings. The highest BCUT2D eigenvalue weighted by Gasteiger charge is 2.17. The highest BCUT2D eigenvalue weighted by molar-refractivity contribution is 5.66. The van der Waals surface area contributed by atoms with Gasteiger partial charge in [0, 0.05) is 12.6 Å². The van der Waals surface area contributed by atoms with Crippen LogP contribution in [0.1, 0.15) is 45.4 Å². The summed E-state index contributed by atoms with van der Waals surface area (Å²) >= 11 is 0. The van der Waals surface area contributed by atoms with Crippen molar-refractivity contribution < 1.29 is 9.53 Å². The van der Waals surface area contributed by atoms with Crippen LogP contribution < -0.4 is 5.32 Å². The molecule has 0 aromatic heterocycles. The number of ether oxygens (including phenoxy) is 1. The second-order valence-corrected chi connectivity index (χ2v) is 4.77. The molecule has 100 valence electrons. The zero-order chi connectivity index (χ0) is 12.5. The molecule has 1 aliphatic carbocycles. The third-order valence-corrected chi connectivity index (χ3v) is 3.43. The molecule has 0 spiro atoms. The Bertz CT molecular complexity index is 215. The minimum atomic E-state index is -0.298. The number of carbonyl (C=O) groups excluding carboxylic acids is 1. The van der Waals surface area contributed by atoms with Crippen LogP contribution in [0.5, 0.6) is 0 Å². The van der Waals surface area contributed by atoms with Crippen molar-refractivity contribution in [2.75, 3.05) is 26.7 Å². The maximum absolute atomic E-state index is 11.0. The lowest BCUT2D eigenvalue weighted by Gasteiger charge is -2.31. The number of nitrogens with one attached hydrogen (secondary N) is 1.